The lowest BCUT2D eigenvalue weighted by Gasteiger charge is -2.34. The van der Waals surface area contributed by atoms with E-state index in [0.717, 1.165) is 0 Å². The number of rotatable bonds is 4. The predicted molar refractivity (Wildman–Crippen MR) is 71.0 cm³/mol. The quantitative estimate of drug-likeness (QED) is 0.316. The van der Waals surface area contributed by atoms with Crippen molar-refractivity contribution in [3.8, 4) is 0 Å². The molecule has 0 radical (unpaired) electrons. The van der Waals surface area contributed by atoms with Gasteiger partial charge in [0.25, 0.3) is 0 Å². The summed E-state index contributed by atoms with van der Waals surface area (Å²) in [5.74, 6) is -0.579. The van der Waals surface area contributed by atoms with Gasteiger partial charge in [-0.2, -0.15) is 0 Å². The molecule has 1 fully saturated rings. The molecule has 0 aromatic heterocycles. The number of amidine groups is 1. The second kappa shape index (κ2) is 6.65. The summed E-state index contributed by atoms with van der Waals surface area (Å²) < 4.78 is 18.9. The average Bonchev–Trinajstić information content (AvgIpc) is 2.46. The molecule has 1 aromatic carbocycles. The lowest BCUT2D eigenvalue weighted by molar-refractivity contribution is -0.0312. The van der Waals surface area contributed by atoms with Gasteiger partial charge in [0.1, 0.15) is 5.82 Å². The summed E-state index contributed by atoms with van der Waals surface area (Å²) >= 11 is 0. The lowest BCUT2D eigenvalue weighted by Crippen LogP contribution is -2.46. The summed E-state index contributed by atoms with van der Waals surface area (Å²) in [6.45, 7) is 2.17. The van der Waals surface area contributed by atoms with Crippen molar-refractivity contribution >= 4 is 5.84 Å². The second-order valence-corrected chi connectivity index (χ2v) is 4.72. The van der Waals surface area contributed by atoms with Crippen LogP contribution in [0, 0.1) is 5.82 Å². The summed E-state index contributed by atoms with van der Waals surface area (Å²) in [6.07, 6.45) is 0. The number of hydrogen-bond donors (Lipinski definition) is 3. The van der Waals surface area contributed by atoms with Gasteiger partial charge in [-0.1, -0.05) is 5.16 Å². The molecule has 4 N–H and O–H groups in total. The number of hydrogen-bond acceptors (Lipinski definition) is 5. The summed E-state index contributed by atoms with van der Waals surface area (Å²) in [4.78, 5) is 2.02. The van der Waals surface area contributed by atoms with E-state index < -0.39 is 5.82 Å². The first-order chi connectivity index (χ1) is 9.63. The van der Waals surface area contributed by atoms with E-state index in [1.54, 1.807) is 6.07 Å². The number of ether oxygens (including phenoxy) is 1. The van der Waals surface area contributed by atoms with Crippen molar-refractivity contribution in [1.29, 1.82) is 0 Å². The van der Waals surface area contributed by atoms with Crippen molar-refractivity contribution in [2.45, 2.75) is 12.6 Å². The van der Waals surface area contributed by atoms with Crippen LogP contribution in [0.5, 0.6) is 0 Å². The van der Waals surface area contributed by atoms with Crippen molar-refractivity contribution in [2.75, 3.05) is 26.4 Å². The number of aliphatic hydroxyl groups is 1. The highest BCUT2D eigenvalue weighted by Gasteiger charge is 2.22. The first-order valence-corrected chi connectivity index (χ1v) is 6.34. The molecule has 0 amide bonds. The Balaban J connectivity index is 2.18. The topological polar surface area (TPSA) is 91.3 Å². The van der Waals surface area contributed by atoms with Gasteiger partial charge >= 0.3 is 0 Å². The van der Waals surface area contributed by atoms with Crippen LogP contribution in [0.4, 0.5) is 4.39 Å². The summed E-state index contributed by atoms with van der Waals surface area (Å²) in [5.41, 5.74) is 6.51. The van der Waals surface area contributed by atoms with E-state index in [1.807, 2.05) is 4.90 Å². The number of oxime groups is 1. The van der Waals surface area contributed by atoms with Crippen LogP contribution in [-0.2, 0) is 11.3 Å². The van der Waals surface area contributed by atoms with Crippen molar-refractivity contribution < 1.29 is 19.4 Å². The van der Waals surface area contributed by atoms with Crippen LogP contribution in [-0.4, -0.2) is 53.5 Å². The van der Waals surface area contributed by atoms with Crippen LogP contribution in [0.25, 0.3) is 0 Å². The minimum absolute atomic E-state index is 0.0115. The van der Waals surface area contributed by atoms with Crippen molar-refractivity contribution in [2.24, 2.45) is 10.9 Å². The number of nitrogens with zero attached hydrogens (tertiary/aromatic N) is 2. The van der Waals surface area contributed by atoms with Gasteiger partial charge in [-0.05, 0) is 23.8 Å². The summed E-state index contributed by atoms with van der Waals surface area (Å²) in [5, 5.41) is 20.8. The Hall–Kier alpha value is -1.70. The second-order valence-electron chi connectivity index (χ2n) is 4.72. The van der Waals surface area contributed by atoms with E-state index in [4.69, 9.17) is 15.7 Å². The van der Waals surface area contributed by atoms with Crippen molar-refractivity contribution in [1.82, 2.24) is 4.90 Å². The minimum atomic E-state index is -0.446. The van der Waals surface area contributed by atoms with Crippen LogP contribution in [0.2, 0.25) is 0 Å². The minimum Gasteiger partial charge on any atom is -0.409 e. The molecular formula is C13H18FN3O3. The van der Waals surface area contributed by atoms with Crippen molar-refractivity contribution in [3.05, 3.63) is 35.1 Å². The molecule has 1 atom stereocenters. The lowest BCUT2D eigenvalue weighted by atomic mass is 10.1. The van der Waals surface area contributed by atoms with Gasteiger partial charge in [0.05, 0.1) is 25.9 Å². The molecule has 1 saturated heterocycles. The Morgan fingerprint density at radius 3 is 3.00 bits per heavy atom. The fourth-order valence-corrected chi connectivity index (χ4v) is 2.25. The van der Waals surface area contributed by atoms with Gasteiger partial charge in [-0.3, -0.25) is 4.90 Å². The first kappa shape index (κ1) is 14.7. The van der Waals surface area contributed by atoms with Gasteiger partial charge < -0.3 is 20.8 Å². The van der Waals surface area contributed by atoms with E-state index in [9.17, 15) is 9.50 Å². The van der Waals surface area contributed by atoms with E-state index in [-0.39, 0.29) is 18.5 Å². The summed E-state index contributed by atoms with van der Waals surface area (Å²) in [7, 11) is 0. The molecule has 20 heavy (non-hydrogen) atoms. The molecule has 1 aliphatic rings. The number of halogens is 1. The van der Waals surface area contributed by atoms with Crippen molar-refractivity contribution in [3.63, 3.8) is 0 Å². The van der Waals surface area contributed by atoms with Crippen LogP contribution >= 0.6 is 0 Å². The fourth-order valence-electron chi connectivity index (χ4n) is 2.25. The smallest absolute Gasteiger partial charge is 0.170 e. The molecule has 0 spiro atoms. The molecule has 0 bridgehead atoms. The predicted octanol–water partition coefficient (Wildman–Crippen LogP) is 0.113. The van der Waals surface area contributed by atoms with Gasteiger partial charge in [0.2, 0.25) is 0 Å². The molecule has 110 valence electrons. The third kappa shape index (κ3) is 3.44. The number of nitrogens with two attached hydrogens (primary N) is 1. The maximum Gasteiger partial charge on any atom is 0.170 e. The highest BCUT2D eigenvalue weighted by Crippen LogP contribution is 2.15. The zero-order chi connectivity index (χ0) is 14.5. The Bertz CT molecular complexity index is 496. The molecule has 1 aliphatic heterocycles. The van der Waals surface area contributed by atoms with E-state index in [1.165, 1.54) is 12.1 Å². The van der Waals surface area contributed by atoms with Gasteiger partial charge in [0.15, 0.2) is 5.84 Å². The number of aliphatic hydroxyl groups excluding tert-OH is 1. The maximum absolute atomic E-state index is 13.6. The molecular weight excluding hydrogens is 265 g/mol. The van der Waals surface area contributed by atoms with Crippen LogP contribution in [0.1, 0.15) is 11.1 Å². The molecule has 7 heteroatoms. The molecule has 2 rings (SSSR count). The Morgan fingerprint density at radius 2 is 2.30 bits per heavy atom. The standard InChI is InChI=1S/C13H18FN3O3/c14-11-4-9(3-10(5-11)13(15)16-19)6-17-1-2-20-8-12(17)7-18/h3-5,12,18-19H,1-2,6-8H2,(H2,15,16). The Morgan fingerprint density at radius 1 is 1.50 bits per heavy atom. The highest BCUT2D eigenvalue weighted by molar-refractivity contribution is 5.97. The summed E-state index contributed by atoms with van der Waals surface area (Å²) in [6, 6.07) is 4.18. The van der Waals surface area contributed by atoms with Crippen LogP contribution in [0.15, 0.2) is 23.4 Å². The zero-order valence-electron chi connectivity index (χ0n) is 11.0. The molecule has 0 aliphatic carbocycles. The van der Waals surface area contributed by atoms with E-state index in [2.05, 4.69) is 5.16 Å². The zero-order valence-corrected chi connectivity index (χ0v) is 11.0. The highest BCUT2D eigenvalue weighted by atomic mass is 19.1. The Kier molecular flexibility index (Phi) is 4.89. The third-order valence-corrected chi connectivity index (χ3v) is 3.31. The monoisotopic (exact) mass is 283 g/mol. The molecule has 1 aromatic rings. The SMILES string of the molecule is N/C(=N/O)c1cc(F)cc(CN2CCOCC2CO)c1. The first-order valence-electron chi connectivity index (χ1n) is 6.34. The largest absolute Gasteiger partial charge is 0.409 e. The fraction of sp³-hybridized carbons (Fsp3) is 0.462. The molecule has 6 nitrogen and oxygen atoms in total. The molecule has 1 unspecified atom stereocenters. The van der Waals surface area contributed by atoms with Gasteiger partial charge in [-0.15, -0.1) is 0 Å². The van der Waals surface area contributed by atoms with Gasteiger partial charge in [-0.25, -0.2) is 4.39 Å². The third-order valence-electron chi connectivity index (χ3n) is 3.31. The molecule has 1 heterocycles. The normalized spacial score (nSPS) is 21.1. The van der Waals surface area contributed by atoms with E-state index >= 15 is 0 Å². The van der Waals surface area contributed by atoms with E-state index in [0.29, 0.717) is 37.4 Å². The molecule has 0 saturated carbocycles. The maximum atomic E-state index is 13.6. The van der Waals surface area contributed by atoms with Crippen LogP contribution in [0.3, 0.4) is 0 Å². The van der Waals surface area contributed by atoms with Gasteiger partial charge in [0, 0.05) is 18.7 Å². The number of morpholine rings is 1. The average molecular weight is 283 g/mol. The Labute approximate surface area is 116 Å². The number of benzene rings is 1. The van der Waals surface area contributed by atoms with Crippen LogP contribution < -0.4 is 5.73 Å².